The average Bonchev–Trinajstić information content (AvgIpc) is 3.04. The number of aromatic nitrogens is 2. The summed E-state index contributed by atoms with van der Waals surface area (Å²) in [6.07, 6.45) is 1.50. The van der Waals surface area contributed by atoms with Crippen LogP contribution in [-0.2, 0) is 21.2 Å². The van der Waals surface area contributed by atoms with E-state index in [9.17, 15) is 13.2 Å². The van der Waals surface area contributed by atoms with E-state index in [1.807, 2.05) is 0 Å². The fraction of sp³-hybridized carbons (Fsp3) is 0.0625. The standard InChI is InChI=1S/C16H13ClN4O3S2/c17-15-13(7-4-8-18-15)20-14(22)9-11-10-25-16(19-11)21-26(23,24)12-5-2-1-3-6-12/h1-8,10H,9H2,(H,19,21)(H,20,22). The number of hydrogen-bond acceptors (Lipinski definition) is 6. The van der Waals surface area contributed by atoms with Crippen LogP contribution in [0.5, 0.6) is 0 Å². The van der Waals surface area contributed by atoms with Crippen molar-refractivity contribution in [2.24, 2.45) is 0 Å². The summed E-state index contributed by atoms with van der Waals surface area (Å²) in [4.78, 5) is 20.2. The van der Waals surface area contributed by atoms with Gasteiger partial charge in [-0.05, 0) is 24.3 Å². The minimum Gasteiger partial charge on any atom is -0.323 e. The maximum atomic E-state index is 12.3. The first kappa shape index (κ1) is 18.3. The summed E-state index contributed by atoms with van der Waals surface area (Å²) in [6, 6.07) is 11.3. The van der Waals surface area contributed by atoms with E-state index in [4.69, 9.17) is 11.6 Å². The number of nitrogens with one attached hydrogen (secondary N) is 2. The van der Waals surface area contributed by atoms with Crippen molar-refractivity contribution >= 4 is 49.7 Å². The van der Waals surface area contributed by atoms with Crippen molar-refractivity contribution < 1.29 is 13.2 Å². The van der Waals surface area contributed by atoms with Crippen LogP contribution in [0.3, 0.4) is 0 Å². The lowest BCUT2D eigenvalue weighted by Crippen LogP contribution is -2.15. The number of carbonyl (C=O) groups is 1. The van der Waals surface area contributed by atoms with Crippen LogP contribution < -0.4 is 10.0 Å². The van der Waals surface area contributed by atoms with Gasteiger partial charge in [-0.3, -0.25) is 9.52 Å². The largest absolute Gasteiger partial charge is 0.323 e. The Kier molecular flexibility index (Phi) is 5.50. The van der Waals surface area contributed by atoms with Crippen LogP contribution in [-0.4, -0.2) is 24.3 Å². The van der Waals surface area contributed by atoms with Gasteiger partial charge in [0, 0.05) is 11.6 Å². The zero-order chi connectivity index (χ0) is 18.6. The van der Waals surface area contributed by atoms with E-state index in [-0.39, 0.29) is 27.5 Å². The Bertz CT molecular complexity index is 1020. The van der Waals surface area contributed by atoms with Gasteiger partial charge in [-0.2, -0.15) is 0 Å². The molecule has 0 aliphatic heterocycles. The van der Waals surface area contributed by atoms with E-state index in [1.54, 1.807) is 35.7 Å². The molecular formula is C16H13ClN4O3S2. The van der Waals surface area contributed by atoms with Crippen LogP contribution in [0.25, 0.3) is 0 Å². The summed E-state index contributed by atoms with van der Waals surface area (Å²) in [5.41, 5.74) is 0.845. The number of anilines is 2. The summed E-state index contributed by atoms with van der Waals surface area (Å²) in [7, 11) is -3.71. The van der Waals surface area contributed by atoms with Crippen molar-refractivity contribution in [1.82, 2.24) is 9.97 Å². The van der Waals surface area contributed by atoms with Crippen LogP contribution in [0.4, 0.5) is 10.8 Å². The molecule has 2 heterocycles. The highest BCUT2D eigenvalue weighted by Gasteiger charge is 2.16. The second kappa shape index (κ2) is 7.81. The Labute approximate surface area is 159 Å². The topological polar surface area (TPSA) is 101 Å². The molecule has 0 aliphatic rings. The monoisotopic (exact) mass is 408 g/mol. The zero-order valence-electron chi connectivity index (χ0n) is 13.2. The van der Waals surface area contributed by atoms with Gasteiger partial charge in [-0.1, -0.05) is 29.8 Å². The van der Waals surface area contributed by atoms with Crippen LogP contribution in [0, 0.1) is 0 Å². The fourth-order valence-electron chi connectivity index (χ4n) is 2.05. The molecule has 1 amide bonds. The number of pyridine rings is 1. The van der Waals surface area contributed by atoms with Gasteiger partial charge in [-0.15, -0.1) is 11.3 Å². The Morgan fingerprint density at radius 1 is 1.15 bits per heavy atom. The van der Waals surface area contributed by atoms with E-state index in [2.05, 4.69) is 20.0 Å². The molecule has 0 aliphatic carbocycles. The van der Waals surface area contributed by atoms with E-state index in [1.165, 1.54) is 18.3 Å². The molecule has 0 radical (unpaired) electrons. The third kappa shape index (κ3) is 4.57. The highest BCUT2D eigenvalue weighted by Crippen LogP contribution is 2.21. The molecule has 0 fully saturated rings. The number of sulfonamides is 1. The van der Waals surface area contributed by atoms with Gasteiger partial charge >= 0.3 is 0 Å². The van der Waals surface area contributed by atoms with Crippen LogP contribution in [0.1, 0.15) is 5.69 Å². The molecule has 0 saturated carbocycles. The van der Waals surface area contributed by atoms with Gasteiger partial charge in [0.2, 0.25) is 5.91 Å². The van der Waals surface area contributed by atoms with Gasteiger partial charge in [0.05, 0.1) is 22.7 Å². The molecular weight excluding hydrogens is 396 g/mol. The van der Waals surface area contributed by atoms with Crippen molar-refractivity contribution in [3.63, 3.8) is 0 Å². The van der Waals surface area contributed by atoms with E-state index in [0.717, 1.165) is 11.3 Å². The van der Waals surface area contributed by atoms with Crippen molar-refractivity contribution in [3.05, 3.63) is 64.9 Å². The van der Waals surface area contributed by atoms with Crippen LogP contribution >= 0.6 is 22.9 Å². The predicted octanol–water partition coefficient (Wildman–Crippen LogP) is 3.17. The van der Waals surface area contributed by atoms with Crippen LogP contribution in [0.15, 0.2) is 58.9 Å². The molecule has 10 heteroatoms. The zero-order valence-corrected chi connectivity index (χ0v) is 15.6. The Morgan fingerprint density at radius 3 is 2.65 bits per heavy atom. The number of nitrogens with zero attached hydrogens (tertiary/aromatic N) is 2. The molecule has 0 bridgehead atoms. The number of thiazole rings is 1. The molecule has 1 aromatic carbocycles. The molecule has 3 aromatic rings. The molecule has 0 spiro atoms. The molecule has 2 aromatic heterocycles. The average molecular weight is 409 g/mol. The Hall–Kier alpha value is -2.49. The van der Waals surface area contributed by atoms with Gasteiger partial charge in [0.15, 0.2) is 10.3 Å². The molecule has 3 rings (SSSR count). The van der Waals surface area contributed by atoms with Gasteiger partial charge < -0.3 is 5.32 Å². The van der Waals surface area contributed by atoms with Crippen LogP contribution in [0.2, 0.25) is 5.15 Å². The molecule has 0 saturated heterocycles. The van der Waals surface area contributed by atoms with Crippen molar-refractivity contribution in [3.8, 4) is 0 Å². The second-order valence-electron chi connectivity index (χ2n) is 5.13. The smallest absolute Gasteiger partial charge is 0.263 e. The van der Waals surface area contributed by atoms with E-state index >= 15 is 0 Å². The number of benzene rings is 1. The summed E-state index contributed by atoms with van der Waals surface area (Å²) < 4.78 is 26.9. The normalized spacial score (nSPS) is 11.1. The molecule has 7 nitrogen and oxygen atoms in total. The second-order valence-corrected chi connectivity index (χ2v) is 8.03. The third-order valence-electron chi connectivity index (χ3n) is 3.20. The third-order valence-corrected chi connectivity index (χ3v) is 5.79. The maximum absolute atomic E-state index is 12.3. The lowest BCUT2D eigenvalue weighted by molar-refractivity contribution is -0.115. The van der Waals surface area contributed by atoms with Gasteiger partial charge in [0.25, 0.3) is 10.0 Å². The summed E-state index contributed by atoms with van der Waals surface area (Å²) in [6.45, 7) is 0. The first-order valence-corrected chi connectivity index (χ1v) is 10.1. The SMILES string of the molecule is O=C(Cc1csc(NS(=O)(=O)c2ccccc2)n1)Nc1cccnc1Cl. The number of halogens is 1. The summed E-state index contributed by atoms with van der Waals surface area (Å²) in [5.74, 6) is -0.331. The van der Waals surface area contributed by atoms with Gasteiger partial charge in [-0.25, -0.2) is 18.4 Å². The summed E-state index contributed by atoms with van der Waals surface area (Å²) >= 11 is 6.99. The number of hydrogen-bond donors (Lipinski definition) is 2. The highest BCUT2D eigenvalue weighted by molar-refractivity contribution is 7.93. The van der Waals surface area contributed by atoms with E-state index in [0.29, 0.717) is 11.4 Å². The molecule has 0 atom stereocenters. The minimum atomic E-state index is -3.71. The predicted molar refractivity (Wildman–Crippen MR) is 101 cm³/mol. The van der Waals surface area contributed by atoms with Crippen molar-refractivity contribution in [2.45, 2.75) is 11.3 Å². The number of amides is 1. The van der Waals surface area contributed by atoms with Crippen molar-refractivity contribution in [1.29, 1.82) is 0 Å². The van der Waals surface area contributed by atoms with Crippen molar-refractivity contribution in [2.75, 3.05) is 10.0 Å². The molecule has 0 unspecified atom stereocenters. The first-order chi connectivity index (χ1) is 12.4. The molecule has 134 valence electrons. The molecule has 2 N–H and O–H groups in total. The maximum Gasteiger partial charge on any atom is 0.263 e. The number of carbonyl (C=O) groups excluding carboxylic acids is 1. The van der Waals surface area contributed by atoms with E-state index < -0.39 is 10.0 Å². The number of rotatable bonds is 6. The Morgan fingerprint density at radius 2 is 1.92 bits per heavy atom. The van der Waals surface area contributed by atoms with Gasteiger partial charge in [0.1, 0.15) is 0 Å². The molecule has 26 heavy (non-hydrogen) atoms. The first-order valence-electron chi connectivity index (χ1n) is 7.37. The fourth-order valence-corrected chi connectivity index (χ4v) is 4.20. The Balaban J connectivity index is 1.65. The lowest BCUT2D eigenvalue weighted by atomic mass is 10.3. The minimum absolute atomic E-state index is 0.0191. The lowest BCUT2D eigenvalue weighted by Gasteiger charge is -2.05. The highest BCUT2D eigenvalue weighted by atomic mass is 35.5. The summed E-state index contributed by atoms with van der Waals surface area (Å²) in [5, 5.41) is 4.63. The quantitative estimate of drug-likeness (QED) is 0.610.